The average molecular weight is 670 g/mol. The van der Waals surface area contributed by atoms with Crippen LogP contribution in [0.5, 0.6) is 0 Å². The van der Waals surface area contributed by atoms with Gasteiger partial charge in [-0.1, -0.05) is 52.2 Å². The molecule has 2 heterocycles. The highest BCUT2D eigenvalue weighted by Gasteiger charge is 2.28. The summed E-state index contributed by atoms with van der Waals surface area (Å²) in [7, 11) is -1.14. The molecule has 4 rings (SSSR count). The molecule has 0 aliphatic heterocycles. The lowest BCUT2D eigenvalue weighted by atomic mass is 10.00. The number of ketones is 1. The number of benzene rings is 2. The van der Waals surface area contributed by atoms with E-state index in [9.17, 15) is 18.0 Å². The van der Waals surface area contributed by atoms with Gasteiger partial charge in [-0.2, -0.15) is 0 Å². The van der Waals surface area contributed by atoms with Crippen LogP contribution in [-0.2, 0) is 14.8 Å². The third kappa shape index (κ3) is 7.87. The Labute approximate surface area is 259 Å². The standard InChI is InChI=1S/C28H26ClF2N3O6S3/c1-2-13-43(38,39)33-23-8-7-22(30)24(25(23)31)26(36)21-16-34(28(37)40-10-12-42-41-11-9-35)27-20(21)14-18(15-32-27)17-3-5-19(29)6-4-17/h3-8,14-16,33,35H,2,9-13H2,1H3. The van der Waals surface area contributed by atoms with Crippen LogP contribution >= 0.6 is 33.2 Å². The van der Waals surface area contributed by atoms with E-state index in [2.05, 4.69) is 9.71 Å². The minimum Gasteiger partial charge on any atom is -0.448 e. The monoisotopic (exact) mass is 669 g/mol. The van der Waals surface area contributed by atoms with Crippen molar-refractivity contribution >= 4 is 71.8 Å². The summed E-state index contributed by atoms with van der Waals surface area (Å²) < 4.78 is 63.4. The van der Waals surface area contributed by atoms with Crippen molar-refractivity contribution in [3.8, 4) is 11.1 Å². The number of fused-ring (bicyclic) bond motifs is 1. The zero-order valence-electron chi connectivity index (χ0n) is 22.7. The van der Waals surface area contributed by atoms with Crippen LogP contribution < -0.4 is 4.72 Å². The predicted molar refractivity (Wildman–Crippen MR) is 166 cm³/mol. The molecule has 43 heavy (non-hydrogen) atoms. The van der Waals surface area contributed by atoms with Gasteiger partial charge in [0.05, 0.1) is 29.2 Å². The van der Waals surface area contributed by atoms with E-state index in [1.165, 1.54) is 27.8 Å². The number of hydrogen-bond acceptors (Lipinski definition) is 9. The van der Waals surface area contributed by atoms with Crippen molar-refractivity contribution in [2.45, 2.75) is 13.3 Å². The number of nitrogens with one attached hydrogen (secondary N) is 1. The molecule has 2 aromatic heterocycles. The number of sulfonamides is 1. The molecule has 228 valence electrons. The molecule has 0 amide bonds. The normalized spacial score (nSPS) is 11.6. The second-order valence-electron chi connectivity index (χ2n) is 9.03. The summed E-state index contributed by atoms with van der Waals surface area (Å²) in [5.41, 5.74) is -0.627. The zero-order valence-corrected chi connectivity index (χ0v) is 25.9. The number of aliphatic hydroxyl groups excluding tert-OH is 1. The smallest absolute Gasteiger partial charge is 0.419 e. The lowest BCUT2D eigenvalue weighted by Gasteiger charge is -2.11. The van der Waals surface area contributed by atoms with Crippen molar-refractivity contribution in [2.24, 2.45) is 0 Å². The van der Waals surface area contributed by atoms with E-state index in [1.54, 1.807) is 37.3 Å². The first-order chi connectivity index (χ1) is 20.6. The van der Waals surface area contributed by atoms with E-state index < -0.39 is 44.8 Å². The van der Waals surface area contributed by atoms with Gasteiger partial charge in [-0.25, -0.2) is 31.5 Å². The Morgan fingerprint density at radius 2 is 1.81 bits per heavy atom. The van der Waals surface area contributed by atoms with Crippen LogP contribution in [-0.4, -0.2) is 65.4 Å². The molecule has 4 aromatic rings. The second kappa shape index (κ2) is 14.5. The molecule has 9 nitrogen and oxygen atoms in total. The molecule has 2 N–H and O–H groups in total. The Balaban J connectivity index is 1.77. The number of aromatic nitrogens is 2. The topological polar surface area (TPSA) is 128 Å². The summed E-state index contributed by atoms with van der Waals surface area (Å²) in [4.78, 5) is 31.1. The first-order valence-corrected chi connectivity index (χ1v) is 17.4. The van der Waals surface area contributed by atoms with Gasteiger partial charge in [0.25, 0.3) is 0 Å². The lowest BCUT2D eigenvalue weighted by molar-refractivity contribution is 0.103. The van der Waals surface area contributed by atoms with Gasteiger partial charge >= 0.3 is 6.09 Å². The number of hydrogen-bond donors (Lipinski definition) is 2. The zero-order chi connectivity index (χ0) is 31.1. The molecule has 0 aliphatic rings. The lowest BCUT2D eigenvalue weighted by Crippen LogP contribution is -2.18. The Morgan fingerprint density at radius 3 is 2.51 bits per heavy atom. The van der Waals surface area contributed by atoms with Crippen molar-refractivity contribution in [1.29, 1.82) is 0 Å². The SMILES string of the molecule is CCCS(=O)(=O)Nc1ccc(F)c(C(=O)c2cn(C(=O)OCCSSCCO)c3ncc(-c4ccc(Cl)cc4)cc23)c1F. The molecular weight excluding hydrogens is 644 g/mol. The van der Waals surface area contributed by atoms with Gasteiger partial charge < -0.3 is 9.84 Å². The van der Waals surface area contributed by atoms with Gasteiger partial charge in [0.1, 0.15) is 18.1 Å². The number of ether oxygens (including phenoxy) is 1. The number of carbonyl (C=O) groups excluding carboxylic acids is 2. The molecule has 0 fully saturated rings. The molecule has 0 bridgehead atoms. The van der Waals surface area contributed by atoms with Crippen LogP contribution in [0.4, 0.5) is 19.3 Å². The maximum absolute atomic E-state index is 15.5. The summed E-state index contributed by atoms with van der Waals surface area (Å²) in [6.07, 6.45) is 1.94. The number of anilines is 1. The Hall–Kier alpha value is -3.17. The second-order valence-corrected chi connectivity index (χ2v) is 14.0. The van der Waals surface area contributed by atoms with Crippen LogP contribution in [0.1, 0.15) is 29.3 Å². The number of halogens is 3. The molecule has 0 saturated carbocycles. The fourth-order valence-corrected chi connectivity index (χ4v) is 6.93. The number of pyridine rings is 1. The Morgan fingerprint density at radius 1 is 1.09 bits per heavy atom. The van der Waals surface area contributed by atoms with Gasteiger partial charge in [0.15, 0.2) is 5.82 Å². The first-order valence-electron chi connectivity index (χ1n) is 12.9. The van der Waals surface area contributed by atoms with Crippen LogP contribution in [0.2, 0.25) is 5.02 Å². The van der Waals surface area contributed by atoms with E-state index in [0.29, 0.717) is 27.7 Å². The van der Waals surface area contributed by atoms with Crippen molar-refractivity contribution < 1.29 is 36.6 Å². The van der Waals surface area contributed by atoms with Crippen LogP contribution in [0.25, 0.3) is 22.2 Å². The highest BCUT2D eigenvalue weighted by atomic mass is 35.5. The molecule has 0 unspecified atom stereocenters. The summed E-state index contributed by atoms with van der Waals surface area (Å²) in [5, 5.41) is 9.48. The quantitative estimate of drug-likeness (QED) is 0.0947. The van der Waals surface area contributed by atoms with Crippen molar-refractivity contribution in [1.82, 2.24) is 9.55 Å². The van der Waals surface area contributed by atoms with E-state index in [1.807, 2.05) is 0 Å². The van der Waals surface area contributed by atoms with Crippen LogP contribution in [0.15, 0.2) is 54.9 Å². The average Bonchev–Trinajstić information content (AvgIpc) is 3.36. The minimum atomic E-state index is -3.95. The highest BCUT2D eigenvalue weighted by Crippen LogP contribution is 2.31. The number of nitrogens with zero attached hydrogens (tertiary/aromatic N) is 2. The van der Waals surface area contributed by atoms with Gasteiger partial charge in [-0.3, -0.25) is 9.52 Å². The number of aliphatic hydroxyl groups is 1. The maximum atomic E-state index is 15.5. The summed E-state index contributed by atoms with van der Waals surface area (Å²) in [5.74, 6) is -3.11. The first kappa shape index (κ1) is 32.7. The fraction of sp³-hybridized carbons (Fsp3) is 0.250. The number of rotatable bonds is 13. The van der Waals surface area contributed by atoms with Gasteiger partial charge in [0.2, 0.25) is 15.8 Å². The molecular formula is C28H26ClF2N3O6S3. The molecule has 0 atom stereocenters. The van der Waals surface area contributed by atoms with Crippen LogP contribution in [0, 0.1) is 11.6 Å². The van der Waals surface area contributed by atoms with E-state index >= 15 is 8.78 Å². The van der Waals surface area contributed by atoms with Gasteiger partial charge in [0, 0.05) is 39.9 Å². The third-order valence-corrected chi connectivity index (χ3v) is 10.0. The summed E-state index contributed by atoms with van der Waals surface area (Å²) in [6, 6.07) is 9.98. The molecule has 2 aromatic carbocycles. The van der Waals surface area contributed by atoms with E-state index in [0.717, 1.165) is 22.9 Å². The molecule has 0 radical (unpaired) electrons. The molecule has 15 heteroatoms. The maximum Gasteiger partial charge on any atom is 0.419 e. The summed E-state index contributed by atoms with van der Waals surface area (Å²) in [6.45, 7) is 1.65. The highest BCUT2D eigenvalue weighted by molar-refractivity contribution is 8.76. The Bertz CT molecular complexity index is 1750. The minimum absolute atomic E-state index is 0.00833. The molecule has 0 spiro atoms. The Kier molecular flexibility index (Phi) is 11.1. The predicted octanol–water partition coefficient (Wildman–Crippen LogP) is 6.38. The van der Waals surface area contributed by atoms with Crippen molar-refractivity contribution in [3.05, 3.63) is 82.6 Å². The van der Waals surface area contributed by atoms with Gasteiger partial charge in [-0.05, 0) is 42.3 Å². The van der Waals surface area contributed by atoms with Crippen molar-refractivity contribution in [2.75, 3.05) is 35.2 Å². The molecule has 0 saturated heterocycles. The molecule has 0 aliphatic carbocycles. The third-order valence-electron chi connectivity index (χ3n) is 5.97. The van der Waals surface area contributed by atoms with E-state index in [-0.39, 0.29) is 42.0 Å². The summed E-state index contributed by atoms with van der Waals surface area (Å²) >= 11 is 6.00. The van der Waals surface area contributed by atoms with Crippen LogP contribution in [0.3, 0.4) is 0 Å². The van der Waals surface area contributed by atoms with Gasteiger partial charge in [-0.15, -0.1) is 0 Å². The fourth-order valence-electron chi connectivity index (χ4n) is 4.08. The van der Waals surface area contributed by atoms with Crippen molar-refractivity contribution in [3.63, 3.8) is 0 Å². The largest absolute Gasteiger partial charge is 0.448 e. The van der Waals surface area contributed by atoms with E-state index in [4.69, 9.17) is 21.4 Å². The number of carbonyl (C=O) groups is 2.